The van der Waals surface area contributed by atoms with E-state index in [1.165, 1.54) is 12.1 Å². The number of carboxylic acid groups (broad SMARTS) is 2. The lowest BCUT2D eigenvalue weighted by molar-refractivity contribution is -0.137. The van der Waals surface area contributed by atoms with Crippen LogP contribution >= 0.6 is 0 Å². The lowest BCUT2D eigenvalue weighted by atomic mass is 10.0. The van der Waals surface area contributed by atoms with Gasteiger partial charge in [0.2, 0.25) is 5.91 Å². The molecule has 8 nitrogen and oxygen atoms in total. The number of benzene rings is 5. The third kappa shape index (κ3) is 9.80. The Kier molecular flexibility index (Phi) is 11.6. The van der Waals surface area contributed by atoms with Crippen LogP contribution in [0.5, 0.6) is 17.2 Å². The fourth-order valence-electron chi connectivity index (χ4n) is 5.22. The first-order valence-electron chi connectivity index (χ1n) is 15.8. The van der Waals surface area contributed by atoms with E-state index in [4.69, 9.17) is 14.6 Å². The summed E-state index contributed by atoms with van der Waals surface area (Å²) in [6.45, 7) is 1.04. The Balaban J connectivity index is 1.19. The smallest absolute Gasteiger partial charge is 0.335 e. The topological polar surface area (TPSA) is 113 Å². The van der Waals surface area contributed by atoms with Crippen LogP contribution in [0.2, 0.25) is 0 Å². The number of amides is 1. The molecule has 5 aromatic carbocycles. The molecular formula is C40H37NO7. The van der Waals surface area contributed by atoms with Gasteiger partial charge in [-0.05, 0) is 83.1 Å². The minimum atomic E-state index is -1.02. The van der Waals surface area contributed by atoms with Gasteiger partial charge in [0, 0.05) is 25.9 Å². The summed E-state index contributed by atoms with van der Waals surface area (Å²) in [5.74, 6) is 0.168. The predicted octanol–water partition coefficient (Wildman–Crippen LogP) is 8.25. The second-order valence-electron chi connectivity index (χ2n) is 11.3. The van der Waals surface area contributed by atoms with E-state index in [-0.39, 0.29) is 37.3 Å². The van der Waals surface area contributed by atoms with Gasteiger partial charge in [-0.1, -0.05) is 84.9 Å². The van der Waals surface area contributed by atoms with Crippen molar-refractivity contribution in [3.05, 3.63) is 150 Å². The van der Waals surface area contributed by atoms with Crippen LogP contribution in [-0.4, -0.2) is 39.5 Å². The van der Waals surface area contributed by atoms with E-state index in [2.05, 4.69) is 12.1 Å². The van der Waals surface area contributed by atoms with Crippen molar-refractivity contribution in [1.82, 2.24) is 4.90 Å². The van der Waals surface area contributed by atoms with Gasteiger partial charge in [-0.15, -0.1) is 0 Å². The van der Waals surface area contributed by atoms with Crippen LogP contribution in [0.3, 0.4) is 0 Å². The minimum Gasteiger partial charge on any atom is -0.489 e. The molecule has 0 heterocycles. The fraction of sp³-hybridized carbons (Fsp3) is 0.175. The largest absolute Gasteiger partial charge is 0.489 e. The zero-order valence-corrected chi connectivity index (χ0v) is 26.5. The van der Waals surface area contributed by atoms with Gasteiger partial charge in [0.25, 0.3) is 0 Å². The molecule has 1 amide bonds. The first kappa shape index (κ1) is 33.5. The van der Waals surface area contributed by atoms with Crippen molar-refractivity contribution in [2.75, 3.05) is 6.54 Å². The first-order valence-corrected chi connectivity index (χ1v) is 15.8. The van der Waals surface area contributed by atoms with Gasteiger partial charge in [-0.2, -0.15) is 0 Å². The van der Waals surface area contributed by atoms with E-state index < -0.39 is 11.9 Å². The van der Waals surface area contributed by atoms with Crippen molar-refractivity contribution in [3.8, 4) is 28.4 Å². The maximum atomic E-state index is 13.1. The summed E-state index contributed by atoms with van der Waals surface area (Å²) in [7, 11) is 0. The first-order chi connectivity index (χ1) is 23.3. The normalized spacial score (nSPS) is 10.7. The number of aromatic carboxylic acids is 1. The zero-order chi connectivity index (χ0) is 33.7. The van der Waals surface area contributed by atoms with Crippen molar-refractivity contribution in [1.29, 1.82) is 0 Å². The molecule has 0 aliphatic carbocycles. The van der Waals surface area contributed by atoms with Crippen LogP contribution in [0.1, 0.15) is 46.3 Å². The molecule has 0 aromatic heterocycles. The number of para-hydroxylation sites is 2. The Bertz CT molecular complexity index is 1800. The van der Waals surface area contributed by atoms with Crippen LogP contribution in [0.25, 0.3) is 11.1 Å². The number of hydrogen-bond donors (Lipinski definition) is 2. The predicted molar refractivity (Wildman–Crippen MR) is 183 cm³/mol. The monoisotopic (exact) mass is 643 g/mol. The molecule has 0 aliphatic heterocycles. The van der Waals surface area contributed by atoms with Gasteiger partial charge in [0.15, 0.2) is 0 Å². The highest BCUT2D eigenvalue weighted by Gasteiger charge is 2.16. The highest BCUT2D eigenvalue weighted by Crippen LogP contribution is 2.27. The van der Waals surface area contributed by atoms with E-state index in [1.54, 1.807) is 17.0 Å². The molecule has 0 radical (unpaired) electrons. The summed E-state index contributed by atoms with van der Waals surface area (Å²) in [5.41, 5.74) is 5.07. The van der Waals surface area contributed by atoms with Crippen LogP contribution in [0, 0.1) is 0 Å². The van der Waals surface area contributed by atoms with Gasteiger partial charge in [0.05, 0.1) is 5.56 Å². The summed E-state index contributed by atoms with van der Waals surface area (Å²) in [5, 5.41) is 18.2. The molecule has 2 N–H and O–H groups in total. The fourth-order valence-corrected chi connectivity index (χ4v) is 5.22. The second-order valence-corrected chi connectivity index (χ2v) is 11.3. The Hall–Kier alpha value is -5.89. The second kappa shape index (κ2) is 16.6. The van der Waals surface area contributed by atoms with Gasteiger partial charge in [0.1, 0.15) is 23.9 Å². The van der Waals surface area contributed by atoms with Crippen LogP contribution in [0.15, 0.2) is 127 Å². The molecule has 5 rings (SSSR count). The van der Waals surface area contributed by atoms with Gasteiger partial charge >= 0.3 is 11.9 Å². The molecule has 0 saturated carbocycles. The summed E-state index contributed by atoms with van der Waals surface area (Å²) in [6.07, 6.45) is 0.797. The third-order valence-electron chi connectivity index (χ3n) is 7.85. The lowest BCUT2D eigenvalue weighted by Gasteiger charge is -2.24. The van der Waals surface area contributed by atoms with Crippen molar-refractivity contribution >= 4 is 17.8 Å². The summed E-state index contributed by atoms with van der Waals surface area (Å²) in [6, 6.07) is 40.0. The van der Waals surface area contributed by atoms with Crippen molar-refractivity contribution in [3.63, 3.8) is 0 Å². The number of carbonyl (C=O) groups is 3. The maximum Gasteiger partial charge on any atom is 0.335 e. The van der Waals surface area contributed by atoms with Gasteiger partial charge in [-0.25, -0.2) is 4.79 Å². The Morgan fingerprint density at radius 3 is 1.90 bits per heavy atom. The molecule has 8 heteroatoms. The van der Waals surface area contributed by atoms with E-state index >= 15 is 0 Å². The molecule has 244 valence electrons. The van der Waals surface area contributed by atoms with E-state index in [9.17, 15) is 19.5 Å². The maximum absolute atomic E-state index is 13.1. The Morgan fingerprint density at radius 2 is 1.23 bits per heavy atom. The van der Waals surface area contributed by atoms with E-state index in [1.807, 2.05) is 91.0 Å². The van der Waals surface area contributed by atoms with E-state index in [0.29, 0.717) is 19.6 Å². The van der Waals surface area contributed by atoms with Crippen molar-refractivity contribution in [2.24, 2.45) is 0 Å². The van der Waals surface area contributed by atoms with Crippen molar-refractivity contribution in [2.45, 2.75) is 38.8 Å². The quantitative estimate of drug-likeness (QED) is 0.111. The molecular weight excluding hydrogens is 606 g/mol. The number of ether oxygens (including phenoxy) is 2. The summed E-state index contributed by atoms with van der Waals surface area (Å²) < 4.78 is 12.1. The summed E-state index contributed by atoms with van der Waals surface area (Å²) >= 11 is 0. The van der Waals surface area contributed by atoms with E-state index in [0.717, 1.165) is 45.1 Å². The Labute approximate surface area is 279 Å². The molecule has 48 heavy (non-hydrogen) atoms. The SMILES string of the molecule is O=C(O)CCCC(=O)N(CCc1ccccc1OCc1ccc(-c2ccc(Oc3ccccc3)cc2)cc1)Cc1ccc(C(=O)O)cc1. The van der Waals surface area contributed by atoms with Crippen LogP contribution in [0.4, 0.5) is 0 Å². The lowest BCUT2D eigenvalue weighted by Crippen LogP contribution is -2.32. The standard InChI is InChI=1S/C40H37NO7/c42-38(11-6-12-39(43)44)41(27-29-13-19-34(20-14-29)40(45)46)26-25-33-7-4-5-10-37(33)47-28-30-15-17-31(18-16-30)32-21-23-36(24-22-32)48-35-8-2-1-3-9-35/h1-5,7-10,13-24H,6,11-12,25-28H2,(H,43,44)(H,45,46). The number of aliphatic carboxylic acids is 1. The van der Waals surface area contributed by atoms with Gasteiger partial charge in [-0.3, -0.25) is 9.59 Å². The number of hydrogen-bond acceptors (Lipinski definition) is 5. The van der Waals surface area contributed by atoms with Crippen LogP contribution < -0.4 is 9.47 Å². The highest BCUT2D eigenvalue weighted by molar-refractivity contribution is 5.87. The number of rotatable bonds is 16. The zero-order valence-electron chi connectivity index (χ0n) is 26.5. The number of carboxylic acids is 2. The van der Waals surface area contributed by atoms with Gasteiger partial charge < -0.3 is 24.6 Å². The molecule has 0 spiro atoms. The molecule has 0 aliphatic rings. The Morgan fingerprint density at radius 1 is 0.625 bits per heavy atom. The highest BCUT2D eigenvalue weighted by atomic mass is 16.5. The number of carbonyl (C=O) groups excluding carboxylic acids is 1. The average Bonchev–Trinajstić information content (AvgIpc) is 3.10. The number of nitrogens with zero attached hydrogens (tertiary/aromatic N) is 1. The third-order valence-corrected chi connectivity index (χ3v) is 7.85. The summed E-state index contributed by atoms with van der Waals surface area (Å²) in [4.78, 5) is 37.1. The molecule has 0 saturated heterocycles. The van der Waals surface area contributed by atoms with Crippen molar-refractivity contribution < 1.29 is 34.1 Å². The molecule has 5 aromatic rings. The molecule has 0 fully saturated rings. The minimum absolute atomic E-state index is 0.0828. The molecule has 0 bridgehead atoms. The average molecular weight is 644 g/mol. The molecule has 0 unspecified atom stereocenters. The molecule has 0 atom stereocenters. The van der Waals surface area contributed by atoms with Crippen LogP contribution in [-0.2, 0) is 29.2 Å².